The third kappa shape index (κ3) is 6.69. The first-order valence-corrected chi connectivity index (χ1v) is 14.2. The highest BCUT2D eigenvalue weighted by Gasteiger charge is 2.21. The number of piperazine rings is 1. The lowest BCUT2D eigenvalue weighted by molar-refractivity contribution is 0.313. The molecular weight excluding hydrogens is 558 g/mol. The van der Waals surface area contributed by atoms with E-state index in [0.717, 1.165) is 37.6 Å². The molecule has 4 rings (SSSR count). The number of hydrogen-bond donors (Lipinski definition) is 3. The van der Waals surface area contributed by atoms with Gasteiger partial charge in [0.25, 0.3) is 0 Å². The van der Waals surface area contributed by atoms with Crippen molar-refractivity contribution in [3.8, 4) is 5.75 Å². The maximum atomic E-state index is 12.9. The summed E-state index contributed by atoms with van der Waals surface area (Å²) in [4.78, 5) is 13.8. The molecule has 1 aliphatic rings. The Bertz CT molecular complexity index is 1350. The van der Waals surface area contributed by atoms with Gasteiger partial charge in [-0.15, -0.1) is 0 Å². The molecule has 0 spiro atoms. The van der Waals surface area contributed by atoms with Crippen LogP contribution in [0.5, 0.6) is 5.75 Å². The van der Waals surface area contributed by atoms with Crippen molar-refractivity contribution in [2.45, 2.75) is 24.8 Å². The number of anilines is 5. The number of para-hydroxylation sites is 1. The number of halogens is 1. The van der Waals surface area contributed by atoms with E-state index in [0.29, 0.717) is 27.7 Å². The second-order valence-electron chi connectivity index (χ2n) is 9.09. The van der Waals surface area contributed by atoms with Crippen LogP contribution < -0.4 is 25.0 Å². The molecule has 3 aromatic rings. The van der Waals surface area contributed by atoms with Gasteiger partial charge in [0.1, 0.15) is 16.5 Å². The molecule has 10 nitrogen and oxygen atoms in total. The summed E-state index contributed by atoms with van der Waals surface area (Å²) in [6.45, 7) is 7.45. The summed E-state index contributed by atoms with van der Waals surface area (Å²) in [5.74, 6) is 1.41. The van der Waals surface area contributed by atoms with Gasteiger partial charge in [0.15, 0.2) is 0 Å². The third-order valence-corrected chi connectivity index (χ3v) is 8.16. The van der Waals surface area contributed by atoms with E-state index in [4.69, 9.17) is 4.74 Å². The Balaban J connectivity index is 1.61. The molecule has 0 aliphatic carbocycles. The average Bonchev–Trinajstić information content (AvgIpc) is 2.86. The second kappa shape index (κ2) is 11.6. The van der Waals surface area contributed by atoms with Crippen molar-refractivity contribution in [2.24, 2.45) is 0 Å². The minimum Gasteiger partial charge on any atom is -0.495 e. The lowest BCUT2D eigenvalue weighted by atomic mass is 10.2. The van der Waals surface area contributed by atoms with Gasteiger partial charge in [-0.2, -0.15) is 4.98 Å². The van der Waals surface area contributed by atoms with E-state index < -0.39 is 10.0 Å². The summed E-state index contributed by atoms with van der Waals surface area (Å²) < 4.78 is 34.5. The number of ether oxygens (including phenoxy) is 1. The van der Waals surface area contributed by atoms with Gasteiger partial charge in [-0.05, 0) is 67.2 Å². The molecule has 12 heteroatoms. The molecular formula is C25H32BrN7O3S. The van der Waals surface area contributed by atoms with Crippen molar-refractivity contribution < 1.29 is 13.2 Å². The van der Waals surface area contributed by atoms with Gasteiger partial charge in [0, 0.05) is 44.1 Å². The molecule has 0 amide bonds. The highest BCUT2D eigenvalue weighted by Crippen LogP contribution is 2.33. The molecule has 1 fully saturated rings. The van der Waals surface area contributed by atoms with Crippen LogP contribution in [0.1, 0.15) is 13.8 Å². The van der Waals surface area contributed by atoms with Crippen LogP contribution in [0.4, 0.5) is 28.8 Å². The molecule has 3 N–H and O–H groups in total. The van der Waals surface area contributed by atoms with Crippen molar-refractivity contribution in [1.29, 1.82) is 0 Å². The number of hydrogen-bond acceptors (Lipinski definition) is 9. The van der Waals surface area contributed by atoms with Crippen LogP contribution in [0.25, 0.3) is 0 Å². The largest absolute Gasteiger partial charge is 0.495 e. The van der Waals surface area contributed by atoms with E-state index in [1.54, 1.807) is 51.4 Å². The van der Waals surface area contributed by atoms with Crippen molar-refractivity contribution in [3.05, 3.63) is 53.1 Å². The molecule has 37 heavy (non-hydrogen) atoms. The minimum absolute atomic E-state index is 0.130. The zero-order chi connectivity index (χ0) is 26.6. The normalized spacial score (nSPS) is 14.6. The van der Waals surface area contributed by atoms with E-state index in [-0.39, 0.29) is 10.9 Å². The van der Waals surface area contributed by atoms with Crippen LogP contribution in [0.15, 0.2) is 58.0 Å². The molecule has 0 bridgehead atoms. The van der Waals surface area contributed by atoms with Crippen LogP contribution in [-0.2, 0) is 10.0 Å². The summed E-state index contributed by atoms with van der Waals surface area (Å²) in [5, 5.41) is 6.40. The molecule has 0 atom stereocenters. The molecule has 2 aromatic carbocycles. The fourth-order valence-electron chi connectivity index (χ4n) is 4.00. The standard InChI is InChI=1S/C25H32BrN7O3S/c1-17(2)31-37(34,35)23-8-6-5-7-20(23)28-24-19(26)16-27-25(30-24)29-21-15-18(9-10-22(21)36-4)33-13-11-32(3)12-14-33/h5-10,15-17,31H,11-14H2,1-4H3,(H2,27,28,29,30). The van der Waals surface area contributed by atoms with Crippen molar-refractivity contribution in [1.82, 2.24) is 19.6 Å². The van der Waals surface area contributed by atoms with Crippen molar-refractivity contribution in [3.63, 3.8) is 0 Å². The lowest BCUT2D eigenvalue weighted by Crippen LogP contribution is -2.44. The summed E-state index contributed by atoms with van der Waals surface area (Å²) in [7, 11) is 0.0267. The number of nitrogens with one attached hydrogen (secondary N) is 3. The molecule has 198 valence electrons. The topological polar surface area (TPSA) is 112 Å². The molecule has 0 radical (unpaired) electrons. The average molecular weight is 591 g/mol. The Kier molecular flexibility index (Phi) is 8.53. The maximum Gasteiger partial charge on any atom is 0.242 e. The summed E-state index contributed by atoms with van der Waals surface area (Å²) in [6, 6.07) is 12.5. The first-order valence-electron chi connectivity index (χ1n) is 12.0. The van der Waals surface area contributed by atoms with Crippen LogP contribution >= 0.6 is 15.9 Å². The minimum atomic E-state index is -3.72. The van der Waals surface area contributed by atoms with E-state index in [1.807, 2.05) is 18.2 Å². The predicted molar refractivity (Wildman–Crippen MR) is 151 cm³/mol. The van der Waals surface area contributed by atoms with E-state index in [9.17, 15) is 8.42 Å². The molecule has 1 aliphatic heterocycles. The Labute approximate surface area is 226 Å². The van der Waals surface area contributed by atoms with Gasteiger partial charge in [-0.3, -0.25) is 0 Å². The summed E-state index contributed by atoms with van der Waals surface area (Å²) >= 11 is 3.47. The van der Waals surface area contributed by atoms with Gasteiger partial charge in [-0.1, -0.05) is 12.1 Å². The number of methoxy groups -OCH3 is 1. The Hall–Kier alpha value is -2.93. The fraction of sp³-hybridized carbons (Fsp3) is 0.360. The smallest absolute Gasteiger partial charge is 0.242 e. The maximum absolute atomic E-state index is 12.9. The van der Waals surface area contributed by atoms with E-state index >= 15 is 0 Å². The van der Waals surface area contributed by atoms with Gasteiger partial charge in [0.05, 0.1) is 23.0 Å². The monoisotopic (exact) mass is 589 g/mol. The second-order valence-corrected chi connectivity index (χ2v) is 11.6. The van der Waals surface area contributed by atoms with Gasteiger partial charge < -0.3 is 25.2 Å². The molecule has 2 heterocycles. The first kappa shape index (κ1) is 27.1. The quantitative estimate of drug-likeness (QED) is 0.338. The Morgan fingerprint density at radius 3 is 2.46 bits per heavy atom. The van der Waals surface area contributed by atoms with Gasteiger partial charge in [-0.25, -0.2) is 18.1 Å². The molecule has 0 unspecified atom stereocenters. The van der Waals surface area contributed by atoms with Crippen molar-refractivity contribution >= 4 is 54.8 Å². The number of rotatable bonds is 9. The zero-order valence-corrected chi connectivity index (χ0v) is 23.7. The lowest BCUT2D eigenvalue weighted by Gasteiger charge is -2.34. The number of sulfonamides is 1. The van der Waals surface area contributed by atoms with Crippen molar-refractivity contribution in [2.75, 3.05) is 55.9 Å². The predicted octanol–water partition coefficient (Wildman–Crippen LogP) is 4.17. The summed E-state index contributed by atoms with van der Waals surface area (Å²) in [5.41, 5.74) is 2.22. The highest BCUT2D eigenvalue weighted by molar-refractivity contribution is 9.10. The molecule has 1 aromatic heterocycles. The van der Waals surface area contributed by atoms with E-state index in [1.165, 1.54) is 0 Å². The van der Waals surface area contributed by atoms with Gasteiger partial charge in [0.2, 0.25) is 16.0 Å². The number of aromatic nitrogens is 2. The number of nitrogens with zero attached hydrogens (tertiary/aromatic N) is 4. The van der Waals surface area contributed by atoms with Crippen LogP contribution in [0.3, 0.4) is 0 Å². The molecule has 0 saturated carbocycles. The van der Waals surface area contributed by atoms with Crippen LogP contribution in [-0.4, -0.2) is 69.7 Å². The van der Waals surface area contributed by atoms with Crippen LogP contribution in [0, 0.1) is 0 Å². The Morgan fingerprint density at radius 1 is 1.03 bits per heavy atom. The first-order chi connectivity index (χ1) is 17.7. The fourth-order valence-corrected chi connectivity index (χ4v) is 5.70. The Morgan fingerprint density at radius 2 is 1.76 bits per heavy atom. The van der Waals surface area contributed by atoms with Crippen LogP contribution in [0.2, 0.25) is 0 Å². The highest BCUT2D eigenvalue weighted by atomic mass is 79.9. The number of likely N-dealkylation sites (N-methyl/N-ethyl adjacent to an activating group) is 1. The number of benzene rings is 2. The van der Waals surface area contributed by atoms with Gasteiger partial charge >= 0.3 is 0 Å². The zero-order valence-electron chi connectivity index (χ0n) is 21.3. The molecule has 1 saturated heterocycles. The van der Waals surface area contributed by atoms with E-state index in [2.05, 4.69) is 58.1 Å². The summed E-state index contributed by atoms with van der Waals surface area (Å²) in [6.07, 6.45) is 1.61. The third-order valence-electron chi connectivity index (χ3n) is 5.86. The SMILES string of the molecule is COc1ccc(N2CCN(C)CC2)cc1Nc1ncc(Br)c(Nc2ccccc2S(=O)(=O)NC(C)C)n1.